The second kappa shape index (κ2) is 10.3. The van der Waals surface area contributed by atoms with Crippen molar-refractivity contribution in [1.82, 2.24) is 14.0 Å². The second-order valence-electron chi connectivity index (χ2n) is 7.79. The Morgan fingerprint density at radius 3 is 2.51 bits per heavy atom. The van der Waals surface area contributed by atoms with Crippen LogP contribution in [-0.2, 0) is 22.2 Å². The molecule has 0 fully saturated rings. The molecule has 0 spiro atoms. The first kappa shape index (κ1) is 25.8. The van der Waals surface area contributed by atoms with Crippen LogP contribution >= 0.6 is 0 Å². The lowest BCUT2D eigenvalue weighted by Gasteiger charge is -2.15. The Bertz CT molecular complexity index is 1640. The number of amides is 1. The minimum Gasteiger partial charge on any atom is -0.462 e. The lowest BCUT2D eigenvalue weighted by atomic mass is 10.1. The van der Waals surface area contributed by atoms with Gasteiger partial charge in [0.2, 0.25) is 0 Å². The Labute approximate surface area is 207 Å². The molecular weight excluding hydrogens is 493 g/mol. The van der Waals surface area contributed by atoms with Crippen LogP contribution in [0.25, 0.3) is 16.7 Å². The van der Waals surface area contributed by atoms with Crippen LogP contribution in [0.1, 0.15) is 33.2 Å². The predicted octanol–water partition coefficient (Wildman–Crippen LogP) is 3.23. The molecule has 0 saturated carbocycles. The molecular formula is C25H21F3N4O5. The number of fused-ring (bicyclic) bond motifs is 2. The summed E-state index contributed by atoms with van der Waals surface area (Å²) in [6, 6.07) is 10.3. The van der Waals surface area contributed by atoms with Crippen LogP contribution in [0, 0.1) is 0 Å². The lowest BCUT2D eigenvalue weighted by Crippen LogP contribution is -2.33. The van der Waals surface area contributed by atoms with Gasteiger partial charge in [-0.1, -0.05) is 18.2 Å². The topological polar surface area (TPSA) is 104 Å². The molecule has 0 aliphatic rings. The van der Waals surface area contributed by atoms with Crippen LogP contribution < -0.4 is 11.0 Å². The number of alkyl halides is 3. The first-order chi connectivity index (χ1) is 17.7. The van der Waals surface area contributed by atoms with Gasteiger partial charge in [0.1, 0.15) is 16.9 Å². The normalized spacial score (nSPS) is 12.3. The zero-order chi connectivity index (χ0) is 26.7. The molecule has 0 aliphatic heterocycles. The third-order valence-electron chi connectivity index (χ3n) is 5.47. The van der Waals surface area contributed by atoms with Gasteiger partial charge in [-0.3, -0.25) is 14.0 Å². The fraction of sp³-hybridized carbons (Fsp3) is 0.240. The van der Waals surface area contributed by atoms with Gasteiger partial charge in [-0.05, 0) is 37.3 Å². The minimum atomic E-state index is -4.81. The van der Waals surface area contributed by atoms with Crippen molar-refractivity contribution in [3.8, 4) is 0 Å². The Balaban J connectivity index is 2.12. The molecule has 12 heteroatoms. The van der Waals surface area contributed by atoms with E-state index in [2.05, 4.69) is 9.98 Å². The molecule has 0 atom stereocenters. The van der Waals surface area contributed by atoms with Crippen LogP contribution in [0.15, 0.2) is 64.5 Å². The monoisotopic (exact) mass is 514 g/mol. The van der Waals surface area contributed by atoms with Gasteiger partial charge in [-0.2, -0.15) is 18.2 Å². The molecule has 3 heterocycles. The van der Waals surface area contributed by atoms with E-state index < -0.39 is 34.7 Å². The Morgan fingerprint density at radius 2 is 1.81 bits per heavy atom. The first-order valence-corrected chi connectivity index (χ1v) is 11.1. The number of hydrogen-bond donors (Lipinski definition) is 0. The summed E-state index contributed by atoms with van der Waals surface area (Å²) in [5.41, 5.74) is -2.62. The summed E-state index contributed by atoms with van der Waals surface area (Å²) in [5.74, 6) is -2.15. The number of carbonyl (C=O) groups is 2. The van der Waals surface area contributed by atoms with E-state index in [0.29, 0.717) is 0 Å². The summed E-state index contributed by atoms with van der Waals surface area (Å²) in [7, 11) is 1.41. The van der Waals surface area contributed by atoms with Crippen LogP contribution in [0.5, 0.6) is 0 Å². The molecule has 1 aromatic carbocycles. The Hall–Kier alpha value is -4.32. The van der Waals surface area contributed by atoms with Crippen LogP contribution in [0.3, 0.4) is 0 Å². The number of pyridine rings is 2. The highest BCUT2D eigenvalue weighted by Gasteiger charge is 2.35. The molecule has 192 valence electrons. The van der Waals surface area contributed by atoms with E-state index in [1.165, 1.54) is 34.4 Å². The highest BCUT2D eigenvalue weighted by molar-refractivity contribution is 5.98. The van der Waals surface area contributed by atoms with Crippen molar-refractivity contribution in [3.05, 3.63) is 87.3 Å². The average molecular weight is 514 g/mol. The average Bonchev–Trinajstić information content (AvgIpc) is 2.87. The van der Waals surface area contributed by atoms with Gasteiger partial charge < -0.3 is 14.0 Å². The third kappa shape index (κ3) is 5.00. The number of aromatic nitrogens is 3. The summed E-state index contributed by atoms with van der Waals surface area (Å²) in [4.78, 5) is 47.7. The molecule has 4 rings (SSSR count). The van der Waals surface area contributed by atoms with Gasteiger partial charge in [-0.15, -0.1) is 0 Å². The lowest BCUT2D eigenvalue weighted by molar-refractivity contribution is -0.137. The fourth-order valence-corrected chi connectivity index (χ4v) is 3.82. The summed E-state index contributed by atoms with van der Waals surface area (Å²) < 4.78 is 53.5. The fourth-order valence-electron chi connectivity index (χ4n) is 3.82. The number of rotatable bonds is 6. The van der Waals surface area contributed by atoms with Gasteiger partial charge in [-0.25, -0.2) is 9.78 Å². The van der Waals surface area contributed by atoms with E-state index in [1.807, 2.05) is 0 Å². The van der Waals surface area contributed by atoms with Crippen molar-refractivity contribution in [1.29, 1.82) is 0 Å². The standard InChI is InChI=1S/C25H21F3N4O5/c1-3-37-24(35)17-14-16-20(29-19-10-6-7-11-31(19)23(16)34)32(12-13-36-2)21(17)30-22(33)15-8-4-5-9-18(15)25(26,27)28/h4-11,14H,3,12-13H2,1-2H3. The van der Waals surface area contributed by atoms with Gasteiger partial charge in [0, 0.05) is 19.9 Å². The molecule has 9 nitrogen and oxygen atoms in total. The van der Waals surface area contributed by atoms with Crippen LogP contribution in [-0.4, -0.2) is 46.2 Å². The molecule has 0 aliphatic carbocycles. The quantitative estimate of drug-likeness (QED) is 0.289. The maximum atomic E-state index is 13.6. The van der Waals surface area contributed by atoms with Gasteiger partial charge >= 0.3 is 12.1 Å². The smallest absolute Gasteiger partial charge is 0.417 e. The molecule has 0 radical (unpaired) electrons. The van der Waals surface area contributed by atoms with Gasteiger partial charge in [0.15, 0.2) is 5.49 Å². The molecule has 37 heavy (non-hydrogen) atoms. The number of hydrogen-bond acceptors (Lipinski definition) is 6. The Morgan fingerprint density at radius 1 is 1.08 bits per heavy atom. The van der Waals surface area contributed by atoms with Crippen molar-refractivity contribution in [2.24, 2.45) is 4.99 Å². The largest absolute Gasteiger partial charge is 0.462 e. The van der Waals surface area contributed by atoms with E-state index in [0.717, 1.165) is 18.2 Å². The number of ether oxygens (including phenoxy) is 2. The number of esters is 1. The van der Waals surface area contributed by atoms with E-state index in [1.54, 1.807) is 25.1 Å². The van der Waals surface area contributed by atoms with E-state index in [-0.39, 0.29) is 47.5 Å². The summed E-state index contributed by atoms with van der Waals surface area (Å²) in [6.07, 6.45) is -3.31. The van der Waals surface area contributed by atoms with Gasteiger partial charge in [0.25, 0.3) is 11.5 Å². The predicted molar refractivity (Wildman–Crippen MR) is 126 cm³/mol. The highest BCUT2D eigenvalue weighted by Crippen LogP contribution is 2.32. The number of methoxy groups -OCH3 is 1. The van der Waals surface area contributed by atoms with Crippen LogP contribution in [0.2, 0.25) is 0 Å². The van der Waals surface area contributed by atoms with Crippen molar-refractivity contribution in [3.63, 3.8) is 0 Å². The molecule has 0 saturated heterocycles. The van der Waals surface area contributed by atoms with Crippen molar-refractivity contribution >= 4 is 28.6 Å². The molecule has 3 aromatic heterocycles. The zero-order valence-electron chi connectivity index (χ0n) is 19.8. The zero-order valence-corrected chi connectivity index (χ0v) is 19.8. The van der Waals surface area contributed by atoms with Crippen LogP contribution in [0.4, 0.5) is 13.2 Å². The second-order valence-corrected chi connectivity index (χ2v) is 7.79. The third-order valence-corrected chi connectivity index (χ3v) is 5.47. The number of nitrogens with zero attached hydrogens (tertiary/aromatic N) is 4. The molecule has 1 amide bonds. The Kier molecular flexibility index (Phi) is 7.21. The maximum absolute atomic E-state index is 13.6. The van der Waals surface area contributed by atoms with Crippen molar-refractivity contribution in [2.45, 2.75) is 19.6 Å². The SMILES string of the molecule is CCOC(=O)c1cc2c(=O)n3ccccc3nc2n(CCOC)c1=NC(=O)c1ccccc1C(F)(F)F. The number of carbonyl (C=O) groups excluding carboxylic acids is 2. The molecule has 0 N–H and O–H groups in total. The van der Waals surface area contributed by atoms with Gasteiger partial charge in [0.05, 0.1) is 29.7 Å². The maximum Gasteiger partial charge on any atom is 0.417 e. The van der Waals surface area contributed by atoms with Crippen molar-refractivity contribution in [2.75, 3.05) is 20.3 Å². The first-order valence-electron chi connectivity index (χ1n) is 11.1. The molecule has 0 unspecified atom stereocenters. The number of halogens is 3. The van der Waals surface area contributed by atoms with E-state index in [9.17, 15) is 27.6 Å². The van der Waals surface area contributed by atoms with E-state index in [4.69, 9.17) is 9.47 Å². The summed E-state index contributed by atoms with van der Waals surface area (Å²) in [5, 5.41) is 0.0185. The summed E-state index contributed by atoms with van der Waals surface area (Å²) >= 11 is 0. The number of benzene rings is 1. The molecule has 0 bridgehead atoms. The summed E-state index contributed by atoms with van der Waals surface area (Å²) in [6.45, 7) is 1.55. The highest BCUT2D eigenvalue weighted by atomic mass is 19.4. The minimum absolute atomic E-state index is 0.0185. The van der Waals surface area contributed by atoms with E-state index >= 15 is 0 Å². The molecule has 4 aromatic rings. The van der Waals surface area contributed by atoms with Crippen molar-refractivity contribution < 1.29 is 32.2 Å².